The van der Waals surface area contributed by atoms with E-state index in [0.29, 0.717) is 42.7 Å². The largest absolute Gasteiger partial charge is 0.497 e. The summed E-state index contributed by atoms with van der Waals surface area (Å²) in [6.45, 7) is 3.66. The number of fused-ring (bicyclic) bond motifs is 1. The summed E-state index contributed by atoms with van der Waals surface area (Å²) in [7, 11) is 1.56. The first-order valence-corrected chi connectivity index (χ1v) is 13.6. The Bertz CT molecular complexity index is 1190. The molecule has 2 aliphatic carbocycles. The van der Waals surface area contributed by atoms with Crippen molar-refractivity contribution in [1.29, 1.82) is 0 Å². The Morgan fingerprint density at radius 2 is 1.73 bits per heavy atom. The number of amides is 2. The molecule has 0 spiro atoms. The van der Waals surface area contributed by atoms with Crippen LogP contribution in [0.4, 0.5) is 19.3 Å². The molecule has 8 nitrogen and oxygen atoms in total. The quantitative estimate of drug-likeness (QED) is 0.369. The lowest BCUT2D eigenvalue weighted by atomic mass is 9.46. The van der Waals surface area contributed by atoms with Crippen LogP contribution in [0.5, 0.6) is 5.75 Å². The molecular weight excluding hydrogens is 522 g/mol. The van der Waals surface area contributed by atoms with Crippen molar-refractivity contribution < 1.29 is 38.1 Å². The van der Waals surface area contributed by atoms with Gasteiger partial charge in [-0.2, -0.15) is 0 Å². The van der Waals surface area contributed by atoms with E-state index in [2.05, 4.69) is 10.6 Å². The predicted octanol–water partition coefficient (Wildman–Crippen LogP) is 4.78. The van der Waals surface area contributed by atoms with Crippen molar-refractivity contribution in [2.24, 2.45) is 22.7 Å². The van der Waals surface area contributed by atoms with Gasteiger partial charge in [-0.05, 0) is 84.9 Å². The number of methoxy groups -OCH3 is 1. The summed E-state index contributed by atoms with van der Waals surface area (Å²) in [5.74, 6) is -1.65. The molecule has 2 amide bonds. The fourth-order valence-corrected chi connectivity index (χ4v) is 6.92. The molecule has 10 heteroatoms. The van der Waals surface area contributed by atoms with Crippen molar-refractivity contribution >= 4 is 17.7 Å². The molecule has 0 aromatic heterocycles. The molecule has 4 rings (SSSR count). The van der Waals surface area contributed by atoms with E-state index in [4.69, 9.17) is 9.47 Å². The minimum atomic E-state index is -0.793. The van der Waals surface area contributed by atoms with E-state index in [1.165, 1.54) is 0 Å². The fourth-order valence-electron chi connectivity index (χ4n) is 6.92. The average Bonchev–Trinajstić information content (AvgIpc) is 2.91. The van der Waals surface area contributed by atoms with Crippen LogP contribution in [0.2, 0.25) is 0 Å². The molecular formula is C30H38F2N2O6. The van der Waals surface area contributed by atoms with Crippen LogP contribution in [0.25, 0.3) is 0 Å². The average molecular weight is 561 g/mol. The van der Waals surface area contributed by atoms with Gasteiger partial charge in [0.2, 0.25) is 5.91 Å². The Hall–Kier alpha value is -3.24. The summed E-state index contributed by atoms with van der Waals surface area (Å²) < 4.78 is 38.0. The van der Waals surface area contributed by atoms with E-state index in [1.807, 2.05) is 13.8 Å². The van der Waals surface area contributed by atoms with Crippen molar-refractivity contribution in [3.05, 3.63) is 59.7 Å². The SMILES string of the molecule is COc1ccc(NC(=O)OC2CCC3(C)C(CC(=O)NCc4cc(F)cc(F)c4)C(O)CCC3C2(C)CO)cc1. The van der Waals surface area contributed by atoms with Crippen molar-refractivity contribution in [1.82, 2.24) is 5.32 Å². The molecule has 4 N–H and O–H groups in total. The van der Waals surface area contributed by atoms with E-state index in [1.54, 1.807) is 31.4 Å². The summed E-state index contributed by atoms with van der Waals surface area (Å²) >= 11 is 0. The summed E-state index contributed by atoms with van der Waals surface area (Å²) in [5, 5.41) is 27.0. The van der Waals surface area contributed by atoms with Crippen LogP contribution < -0.4 is 15.4 Å². The van der Waals surface area contributed by atoms with E-state index >= 15 is 0 Å². The van der Waals surface area contributed by atoms with Crippen molar-refractivity contribution in [3.8, 4) is 5.75 Å². The Labute approximate surface area is 233 Å². The molecule has 2 aromatic rings. The monoisotopic (exact) mass is 560 g/mol. The van der Waals surface area contributed by atoms with Gasteiger partial charge in [-0.15, -0.1) is 0 Å². The van der Waals surface area contributed by atoms with E-state index in [0.717, 1.165) is 18.2 Å². The van der Waals surface area contributed by atoms with Gasteiger partial charge in [0, 0.05) is 30.1 Å². The standard InChI is InChI=1S/C30H38F2N2O6/c1-29-11-10-26(40-28(38)34-21-4-6-22(39-3)7-5-21)30(2,17-35)25(29)9-8-24(36)23(29)15-27(37)33-16-18-12-19(31)14-20(32)13-18/h4-7,12-14,23-26,35-36H,8-11,15-17H2,1-3H3,(H,33,37)(H,34,38). The number of rotatable bonds is 8. The number of hydrogen-bond donors (Lipinski definition) is 4. The third-order valence-electron chi connectivity index (χ3n) is 9.08. The van der Waals surface area contributed by atoms with Gasteiger partial charge in [-0.25, -0.2) is 13.6 Å². The van der Waals surface area contributed by atoms with Gasteiger partial charge in [-0.3, -0.25) is 10.1 Å². The molecule has 0 aliphatic heterocycles. The van der Waals surface area contributed by atoms with Gasteiger partial charge in [-0.1, -0.05) is 13.8 Å². The van der Waals surface area contributed by atoms with Crippen LogP contribution in [0.1, 0.15) is 51.5 Å². The zero-order valence-corrected chi connectivity index (χ0v) is 23.1. The number of ether oxygens (including phenoxy) is 2. The number of hydrogen-bond acceptors (Lipinski definition) is 6. The number of benzene rings is 2. The lowest BCUT2D eigenvalue weighted by Gasteiger charge is -2.60. The first-order chi connectivity index (χ1) is 19.0. The highest BCUT2D eigenvalue weighted by Gasteiger charge is 2.60. The number of carbonyl (C=O) groups excluding carboxylic acids is 2. The molecule has 6 atom stereocenters. The molecule has 218 valence electrons. The van der Waals surface area contributed by atoms with Gasteiger partial charge in [0.25, 0.3) is 0 Å². The summed E-state index contributed by atoms with van der Waals surface area (Å²) in [6.07, 6.45) is 0.184. The molecule has 2 saturated carbocycles. The third kappa shape index (κ3) is 6.23. The number of nitrogens with one attached hydrogen (secondary N) is 2. The van der Waals surface area contributed by atoms with Crippen molar-refractivity contribution in [3.63, 3.8) is 0 Å². The second-order valence-corrected chi connectivity index (χ2v) is 11.5. The van der Waals surface area contributed by atoms with Crippen LogP contribution in [0.3, 0.4) is 0 Å². The molecule has 0 heterocycles. The Morgan fingerprint density at radius 1 is 1.05 bits per heavy atom. The highest BCUT2D eigenvalue weighted by atomic mass is 19.1. The van der Waals surface area contributed by atoms with Crippen LogP contribution in [0, 0.1) is 34.3 Å². The lowest BCUT2D eigenvalue weighted by molar-refractivity contribution is -0.185. The second-order valence-electron chi connectivity index (χ2n) is 11.5. The molecule has 40 heavy (non-hydrogen) atoms. The molecule has 2 aromatic carbocycles. The molecule has 2 aliphatic rings. The van der Waals surface area contributed by atoms with Gasteiger partial charge in [0.1, 0.15) is 23.5 Å². The van der Waals surface area contributed by atoms with Gasteiger partial charge in [0.15, 0.2) is 0 Å². The molecule has 0 saturated heterocycles. The van der Waals surface area contributed by atoms with Crippen LogP contribution >= 0.6 is 0 Å². The zero-order valence-electron chi connectivity index (χ0n) is 23.1. The maximum atomic E-state index is 13.5. The maximum Gasteiger partial charge on any atom is 0.411 e. The first-order valence-electron chi connectivity index (χ1n) is 13.6. The lowest BCUT2D eigenvalue weighted by Crippen LogP contribution is -2.61. The topological polar surface area (TPSA) is 117 Å². The van der Waals surface area contributed by atoms with Gasteiger partial charge < -0.3 is 25.0 Å². The smallest absolute Gasteiger partial charge is 0.411 e. The molecule has 0 bridgehead atoms. The fraction of sp³-hybridized carbons (Fsp3) is 0.533. The van der Waals surface area contributed by atoms with Crippen LogP contribution in [-0.4, -0.2) is 48.1 Å². The number of anilines is 1. The number of aliphatic hydroxyl groups excluding tert-OH is 2. The number of aliphatic hydroxyl groups is 2. The third-order valence-corrected chi connectivity index (χ3v) is 9.08. The van der Waals surface area contributed by atoms with E-state index in [-0.39, 0.29) is 31.4 Å². The minimum absolute atomic E-state index is 0.0248. The first kappa shape index (κ1) is 29.7. The van der Waals surface area contributed by atoms with Gasteiger partial charge >= 0.3 is 6.09 Å². The Morgan fingerprint density at radius 3 is 2.35 bits per heavy atom. The van der Waals surface area contributed by atoms with Crippen LogP contribution in [0.15, 0.2) is 42.5 Å². The molecule has 6 unspecified atom stereocenters. The summed E-state index contributed by atoms with van der Waals surface area (Å²) in [4.78, 5) is 25.7. The predicted molar refractivity (Wildman–Crippen MR) is 144 cm³/mol. The normalized spacial score (nSPS) is 29.7. The van der Waals surface area contributed by atoms with Crippen molar-refractivity contribution in [2.45, 2.75) is 64.7 Å². The van der Waals surface area contributed by atoms with Gasteiger partial charge in [0.05, 0.1) is 19.8 Å². The Balaban J connectivity index is 1.44. The Kier molecular flexibility index (Phi) is 8.99. The highest BCUT2D eigenvalue weighted by molar-refractivity contribution is 5.84. The highest BCUT2D eigenvalue weighted by Crippen LogP contribution is 2.61. The summed E-state index contributed by atoms with van der Waals surface area (Å²) in [6, 6.07) is 9.94. The number of halogens is 2. The van der Waals surface area contributed by atoms with E-state index < -0.39 is 46.7 Å². The summed E-state index contributed by atoms with van der Waals surface area (Å²) in [5.41, 5.74) is -0.454. The van der Waals surface area contributed by atoms with E-state index in [9.17, 15) is 28.6 Å². The minimum Gasteiger partial charge on any atom is -0.497 e. The second kappa shape index (κ2) is 12.1. The maximum absolute atomic E-state index is 13.5. The van der Waals surface area contributed by atoms with Crippen LogP contribution in [-0.2, 0) is 16.1 Å². The van der Waals surface area contributed by atoms with Crippen molar-refractivity contribution in [2.75, 3.05) is 19.0 Å². The zero-order chi connectivity index (χ0) is 29.1. The molecule has 2 fully saturated rings. The number of carbonyl (C=O) groups is 2. The molecule has 0 radical (unpaired) electrons.